The van der Waals surface area contributed by atoms with E-state index in [1.165, 1.54) is 28.8 Å². The lowest BCUT2D eigenvalue weighted by Crippen LogP contribution is -2.44. The molecule has 0 aliphatic carbocycles. The van der Waals surface area contributed by atoms with E-state index in [2.05, 4.69) is 5.32 Å². The Morgan fingerprint density at radius 3 is 2.95 bits per heavy atom. The van der Waals surface area contributed by atoms with Crippen LogP contribution in [0.4, 0.5) is 10.5 Å². The molecule has 20 heavy (non-hydrogen) atoms. The van der Waals surface area contributed by atoms with Gasteiger partial charge >= 0.3 is 12.0 Å². The van der Waals surface area contributed by atoms with Crippen LogP contribution in [0.25, 0.3) is 0 Å². The van der Waals surface area contributed by atoms with E-state index in [1.807, 2.05) is 6.07 Å². The highest BCUT2D eigenvalue weighted by Crippen LogP contribution is 2.24. The summed E-state index contributed by atoms with van der Waals surface area (Å²) in [7, 11) is 0. The number of carbonyl (C=O) groups excluding carboxylic acids is 1. The van der Waals surface area contributed by atoms with Gasteiger partial charge in [-0.15, -0.1) is 11.8 Å². The van der Waals surface area contributed by atoms with E-state index in [0.717, 1.165) is 0 Å². The number of halogens is 1. The van der Waals surface area contributed by atoms with Crippen molar-refractivity contribution >= 4 is 41.1 Å². The summed E-state index contributed by atoms with van der Waals surface area (Å²) in [5.41, 5.74) is 0.535. The molecule has 0 aromatic heterocycles. The molecule has 6 nitrogen and oxygen atoms in total. The number of rotatable bonds is 2. The van der Waals surface area contributed by atoms with Crippen LogP contribution in [-0.4, -0.2) is 39.7 Å². The minimum atomic E-state index is -1.04. The molecule has 1 aromatic rings. The standard InChI is InChI=1S/C12H10ClN3O3S/c13-8-2-1-7(4-14)9(3-8)15-12(19)16-6-20-5-10(16)11(17)18/h1-3,10H,5-6H2,(H,15,19)(H,17,18)/t10-/m0/s1. The molecule has 2 N–H and O–H groups in total. The SMILES string of the molecule is N#Cc1ccc(Cl)cc1NC(=O)N1CSC[C@H]1C(=O)O. The van der Waals surface area contributed by atoms with Crippen molar-refractivity contribution in [1.82, 2.24) is 4.90 Å². The molecule has 1 aliphatic rings. The molecular formula is C12H10ClN3O3S. The first kappa shape index (κ1) is 14.5. The van der Waals surface area contributed by atoms with Crippen LogP contribution in [0.3, 0.4) is 0 Å². The summed E-state index contributed by atoms with van der Waals surface area (Å²) in [6.45, 7) is 0. The average Bonchev–Trinajstić information content (AvgIpc) is 2.88. The Morgan fingerprint density at radius 2 is 2.30 bits per heavy atom. The van der Waals surface area contributed by atoms with Crippen molar-refractivity contribution in [2.24, 2.45) is 0 Å². The number of nitriles is 1. The first-order valence-electron chi connectivity index (χ1n) is 5.60. The monoisotopic (exact) mass is 311 g/mol. The van der Waals surface area contributed by atoms with Crippen LogP contribution in [0, 0.1) is 11.3 Å². The highest BCUT2D eigenvalue weighted by atomic mass is 35.5. The largest absolute Gasteiger partial charge is 0.480 e. The van der Waals surface area contributed by atoms with Crippen molar-refractivity contribution in [3.8, 4) is 6.07 Å². The van der Waals surface area contributed by atoms with Gasteiger partial charge in [-0.25, -0.2) is 9.59 Å². The summed E-state index contributed by atoms with van der Waals surface area (Å²) in [5, 5.41) is 20.9. The third-order valence-corrected chi connectivity index (χ3v) is 4.02. The van der Waals surface area contributed by atoms with Gasteiger partial charge in [0.15, 0.2) is 0 Å². The van der Waals surface area contributed by atoms with Gasteiger partial charge in [0.1, 0.15) is 12.1 Å². The lowest BCUT2D eigenvalue weighted by atomic mass is 10.2. The second-order valence-corrected chi connectivity index (χ2v) is 5.49. The molecule has 1 atom stereocenters. The van der Waals surface area contributed by atoms with Gasteiger partial charge in [0.05, 0.1) is 17.1 Å². The Bertz CT molecular complexity index is 602. The van der Waals surface area contributed by atoms with E-state index in [9.17, 15) is 9.59 Å². The summed E-state index contributed by atoms with van der Waals surface area (Å²) < 4.78 is 0. The molecule has 8 heteroatoms. The lowest BCUT2D eigenvalue weighted by Gasteiger charge is -2.21. The Hall–Kier alpha value is -1.91. The fraction of sp³-hybridized carbons (Fsp3) is 0.250. The Balaban J connectivity index is 2.18. The first-order valence-corrected chi connectivity index (χ1v) is 7.14. The molecule has 104 valence electrons. The molecule has 1 aliphatic heterocycles. The number of benzene rings is 1. The van der Waals surface area contributed by atoms with Gasteiger partial charge in [-0.3, -0.25) is 0 Å². The molecule has 0 unspecified atom stereocenters. The number of hydrogen-bond donors (Lipinski definition) is 2. The minimum absolute atomic E-state index is 0.265. The van der Waals surface area contributed by atoms with E-state index in [0.29, 0.717) is 16.7 Å². The van der Waals surface area contributed by atoms with Crippen molar-refractivity contribution in [3.63, 3.8) is 0 Å². The molecule has 2 rings (SSSR count). The highest BCUT2D eigenvalue weighted by molar-refractivity contribution is 7.99. The third-order valence-electron chi connectivity index (χ3n) is 2.77. The number of nitrogens with one attached hydrogen (secondary N) is 1. The predicted octanol–water partition coefficient (Wildman–Crippen LogP) is 2.20. The second kappa shape index (κ2) is 6.03. The van der Waals surface area contributed by atoms with Gasteiger partial charge in [0.2, 0.25) is 0 Å². The van der Waals surface area contributed by atoms with E-state index in [4.69, 9.17) is 22.0 Å². The zero-order chi connectivity index (χ0) is 14.7. The molecule has 2 amide bonds. The Morgan fingerprint density at radius 1 is 1.55 bits per heavy atom. The van der Waals surface area contributed by atoms with Gasteiger partial charge in [0, 0.05) is 10.8 Å². The van der Waals surface area contributed by atoms with Crippen LogP contribution in [0.1, 0.15) is 5.56 Å². The maximum atomic E-state index is 12.1. The van der Waals surface area contributed by atoms with Gasteiger partial charge in [-0.05, 0) is 18.2 Å². The number of carbonyl (C=O) groups is 2. The van der Waals surface area contributed by atoms with E-state index >= 15 is 0 Å². The predicted molar refractivity (Wildman–Crippen MR) is 75.8 cm³/mol. The van der Waals surface area contributed by atoms with Crippen LogP contribution in [0.2, 0.25) is 5.02 Å². The summed E-state index contributed by atoms with van der Waals surface area (Å²) in [4.78, 5) is 24.3. The molecule has 1 heterocycles. The molecule has 1 fully saturated rings. The molecule has 1 saturated heterocycles. The van der Waals surface area contributed by atoms with Crippen molar-refractivity contribution in [1.29, 1.82) is 5.26 Å². The van der Waals surface area contributed by atoms with Gasteiger partial charge in [-0.2, -0.15) is 5.26 Å². The summed E-state index contributed by atoms with van der Waals surface area (Å²) in [6, 6.07) is 5.02. The van der Waals surface area contributed by atoms with E-state index in [1.54, 1.807) is 6.07 Å². The van der Waals surface area contributed by atoms with Gasteiger partial charge < -0.3 is 15.3 Å². The molecule has 0 bridgehead atoms. The van der Waals surface area contributed by atoms with Crippen LogP contribution in [0.5, 0.6) is 0 Å². The number of hydrogen-bond acceptors (Lipinski definition) is 4. The normalized spacial score (nSPS) is 17.6. The molecule has 0 spiro atoms. The third kappa shape index (κ3) is 2.98. The van der Waals surface area contributed by atoms with Crippen molar-refractivity contribution in [2.45, 2.75) is 6.04 Å². The fourth-order valence-electron chi connectivity index (χ4n) is 1.75. The molecule has 0 saturated carbocycles. The van der Waals surface area contributed by atoms with Crippen LogP contribution in [0.15, 0.2) is 18.2 Å². The van der Waals surface area contributed by atoms with Gasteiger partial charge in [-0.1, -0.05) is 11.6 Å². The molecule has 1 aromatic carbocycles. The molecular weight excluding hydrogens is 302 g/mol. The maximum absolute atomic E-state index is 12.1. The van der Waals surface area contributed by atoms with Crippen LogP contribution in [-0.2, 0) is 4.79 Å². The number of amides is 2. The number of anilines is 1. The average molecular weight is 312 g/mol. The van der Waals surface area contributed by atoms with Crippen molar-refractivity contribution in [2.75, 3.05) is 16.9 Å². The maximum Gasteiger partial charge on any atom is 0.327 e. The molecule has 0 radical (unpaired) electrons. The summed E-state index contributed by atoms with van der Waals surface area (Å²) in [5.74, 6) is -0.397. The van der Waals surface area contributed by atoms with E-state index < -0.39 is 18.0 Å². The summed E-state index contributed by atoms with van der Waals surface area (Å²) >= 11 is 7.19. The topological polar surface area (TPSA) is 93.4 Å². The van der Waals surface area contributed by atoms with Crippen molar-refractivity contribution < 1.29 is 14.7 Å². The Labute approximate surface area is 124 Å². The Kier molecular flexibility index (Phi) is 4.37. The summed E-state index contributed by atoms with van der Waals surface area (Å²) in [6.07, 6.45) is 0. The number of carboxylic acids is 1. The van der Waals surface area contributed by atoms with Crippen molar-refractivity contribution in [3.05, 3.63) is 28.8 Å². The first-order chi connectivity index (χ1) is 9.52. The number of carboxylic acid groups (broad SMARTS) is 1. The zero-order valence-electron chi connectivity index (χ0n) is 10.2. The zero-order valence-corrected chi connectivity index (χ0v) is 11.7. The number of nitrogens with zero attached hydrogens (tertiary/aromatic N) is 2. The lowest BCUT2D eigenvalue weighted by molar-refractivity contribution is -0.140. The van der Waals surface area contributed by atoms with Crippen LogP contribution >= 0.6 is 23.4 Å². The smallest absolute Gasteiger partial charge is 0.327 e. The minimum Gasteiger partial charge on any atom is -0.480 e. The second-order valence-electron chi connectivity index (χ2n) is 4.06. The number of aliphatic carboxylic acids is 1. The van der Waals surface area contributed by atoms with Gasteiger partial charge in [0.25, 0.3) is 0 Å². The number of thioether (sulfide) groups is 1. The van der Waals surface area contributed by atoms with Crippen LogP contribution < -0.4 is 5.32 Å². The van der Waals surface area contributed by atoms with E-state index in [-0.39, 0.29) is 11.3 Å². The number of urea groups is 1. The quantitative estimate of drug-likeness (QED) is 0.873. The highest BCUT2D eigenvalue weighted by Gasteiger charge is 2.34. The fourth-order valence-corrected chi connectivity index (χ4v) is 3.07.